The van der Waals surface area contributed by atoms with Gasteiger partial charge in [0.05, 0.1) is 27.9 Å². The van der Waals surface area contributed by atoms with Gasteiger partial charge in [-0.1, -0.05) is 17.7 Å². The minimum atomic E-state index is -3.52. The number of rotatable bonds is 5. The van der Waals surface area contributed by atoms with Crippen molar-refractivity contribution in [3.63, 3.8) is 0 Å². The molecule has 0 aromatic heterocycles. The molecule has 104 valence electrons. The Morgan fingerprint density at radius 1 is 1.42 bits per heavy atom. The van der Waals surface area contributed by atoms with E-state index in [1.54, 1.807) is 19.9 Å². The monoisotopic (exact) mass is 300 g/mol. The Hall–Kier alpha value is -1.25. The third-order valence-corrected chi connectivity index (χ3v) is 5.16. The lowest BCUT2D eigenvalue weighted by Crippen LogP contribution is -2.14. The standard InChI is InChI=1S/C13H17ClN2O2S/c1-13(2,9-15)7-4-8-19(17,18)12-10(14)5-3-6-11(12)16/h3,5-6H,4,7-8,16H2,1-2H3. The fourth-order valence-corrected chi connectivity index (χ4v) is 3.77. The number of sulfone groups is 1. The molecule has 6 heteroatoms. The molecule has 0 spiro atoms. The summed E-state index contributed by atoms with van der Waals surface area (Å²) in [6, 6.07) is 6.77. The minimum absolute atomic E-state index is 0.00793. The number of hydrogen-bond donors (Lipinski definition) is 1. The van der Waals surface area contributed by atoms with Crippen molar-refractivity contribution in [2.75, 3.05) is 11.5 Å². The van der Waals surface area contributed by atoms with Gasteiger partial charge < -0.3 is 5.73 Å². The third kappa shape index (κ3) is 4.12. The lowest BCUT2D eigenvalue weighted by Gasteiger charge is -2.15. The van der Waals surface area contributed by atoms with Gasteiger partial charge in [-0.05, 0) is 38.8 Å². The van der Waals surface area contributed by atoms with Gasteiger partial charge in [0.1, 0.15) is 4.90 Å². The normalized spacial score (nSPS) is 12.1. The Labute approximate surface area is 119 Å². The lowest BCUT2D eigenvalue weighted by molar-refractivity contribution is 0.445. The number of hydrogen-bond acceptors (Lipinski definition) is 4. The summed E-state index contributed by atoms with van der Waals surface area (Å²) in [4.78, 5) is -0.00793. The molecule has 2 N–H and O–H groups in total. The number of nitrogens with zero attached hydrogens (tertiary/aromatic N) is 1. The van der Waals surface area contributed by atoms with Crippen LogP contribution in [0, 0.1) is 16.7 Å². The van der Waals surface area contributed by atoms with Gasteiger partial charge in [0.25, 0.3) is 0 Å². The molecule has 0 aliphatic heterocycles. The largest absolute Gasteiger partial charge is 0.398 e. The average Bonchev–Trinajstić information content (AvgIpc) is 2.27. The van der Waals surface area contributed by atoms with Gasteiger partial charge in [-0.15, -0.1) is 0 Å². The quantitative estimate of drug-likeness (QED) is 0.847. The number of halogens is 1. The Kier molecular flexibility index (Phi) is 4.83. The van der Waals surface area contributed by atoms with Crippen molar-refractivity contribution < 1.29 is 8.42 Å². The molecular weight excluding hydrogens is 284 g/mol. The fraction of sp³-hybridized carbons (Fsp3) is 0.462. The predicted molar refractivity (Wildman–Crippen MR) is 76.5 cm³/mol. The first-order valence-corrected chi connectivity index (χ1v) is 7.91. The molecule has 0 aliphatic rings. The maximum atomic E-state index is 12.2. The zero-order chi connectivity index (χ0) is 14.7. The molecule has 0 heterocycles. The highest BCUT2D eigenvalue weighted by Crippen LogP contribution is 2.29. The van der Waals surface area contributed by atoms with Crippen LogP contribution in [0.1, 0.15) is 26.7 Å². The van der Waals surface area contributed by atoms with Crippen molar-refractivity contribution in [2.45, 2.75) is 31.6 Å². The van der Waals surface area contributed by atoms with E-state index >= 15 is 0 Å². The molecule has 0 radical (unpaired) electrons. The number of anilines is 1. The zero-order valence-electron chi connectivity index (χ0n) is 11.0. The van der Waals surface area contributed by atoms with Crippen molar-refractivity contribution in [2.24, 2.45) is 5.41 Å². The second kappa shape index (κ2) is 5.81. The molecule has 0 fully saturated rings. The van der Waals surface area contributed by atoms with Crippen molar-refractivity contribution >= 4 is 27.1 Å². The first-order chi connectivity index (χ1) is 8.69. The highest BCUT2D eigenvalue weighted by Gasteiger charge is 2.23. The third-order valence-electron chi connectivity index (χ3n) is 2.83. The maximum absolute atomic E-state index is 12.2. The van der Waals surface area contributed by atoms with Crippen LogP contribution in [0.5, 0.6) is 0 Å². The van der Waals surface area contributed by atoms with Gasteiger partial charge in [0.2, 0.25) is 0 Å². The van der Waals surface area contributed by atoms with Crippen molar-refractivity contribution in [3.8, 4) is 6.07 Å². The summed E-state index contributed by atoms with van der Waals surface area (Å²) in [6.07, 6.45) is 0.903. The highest BCUT2D eigenvalue weighted by molar-refractivity contribution is 7.91. The summed E-state index contributed by atoms with van der Waals surface area (Å²) in [7, 11) is -3.52. The van der Waals surface area contributed by atoms with Crippen molar-refractivity contribution in [1.29, 1.82) is 5.26 Å². The highest BCUT2D eigenvalue weighted by atomic mass is 35.5. The SMILES string of the molecule is CC(C)(C#N)CCCS(=O)(=O)c1c(N)cccc1Cl. The Bertz CT molecular complexity index is 583. The van der Waals surface area contributed by atoms with Crippen LogP contribution in [-0.2, 0) is 9.84 Å². The van der Waals surface area contributed by atoms with E-state index < -0.39 is 15.3 Å². The van der Waals surface area contributed by atoms with Gasteiger partial charge in [-0.2, -0.15) is 5.26 Å². The molecular formula is C13H17ClN2O2S. The molecule has 1 aromatic carbocycles. The van der Waals surface area contributed by atoms with Crippen LogP contribution < -0.4 is 5.73 Å². The summed E-state index contributed by atoms with van der Waals surface area (Å²) in [5.74, 6) is -0.0634. The van der Waals surface area contributed by atoms with Crippen LogP contribution in [0.2, 0.25) is 5.02 Å². The van der Waals surface area contributed by atoms with E-state index in [2.05, 4.69) is 6.07 Å². The first-order valence-electron chi connectivity index (χ1n) is 5.87. The summed E-state index contributed by atoms with van der Waals surface area (Å²) in [5.41, 5.74) is 5.31. The van der Waals surface area contributed by atoms with Crippen LogP contribution in [0.3, 0.4) is 0 Å². The minimum Gasteiger partial charge on any atom is -0.398 e. The average molecular weight is 301 g/mol. The van der Waals surface area contributed by atoms with E-state index in [4.69, 9.17) is 22.6 Å². The molecule has 0 saturated carbocycles. The smallest absolute Gasteiger partial charge is 0.181 e. The second-order valence-corrected chi connectivity index (χ2v) is 7.53. The van der Waals surface area contributed by atoms with E-state index in [1.807, 2.05) is 0 Å². The van der Waals surface area contributed by atoms with E-state index in [-0.39, 0.29) is 21.4 Å². The summed E-state index contributed by atoms with van der Waals surface area (Å²) < 4.78 is 24.4. The van der Waals surface area contributed by atoms with Crippen molar-refractivity contribution in [1.82, 2.24) is 0 Å². The predicted octanol–water partition coefficient (Wildman–Crippen LogP) is 3.03. The van der Waals surface area contributed by atoms with Gasteiger partial charge >= 0.3 is 0 Å². The molecule has 19 heavy (non-hydrogen) atoms. The van der Waals surface area contributed by atoms with E-state index in [0.717, 1.165) is 0 Å². The number of nitriles is 1. The Morgan fingerprint density at radius 2 is 2.05 bits per heavy atom. The Balaban J connectivity index is 2.87. The molecule has 0 bridgehead atoms. The molecule has 1 rings (SSSR count). The molecule has 0 unspecified atom stereocenters. The molecule has 0 saturated heterocycles. The van der Waals surface area contributed by atoms with Crippen LogP contribution in [0.25, 0.3) is 0 Å². The molecule has 0 atom stereocenters. The van der Waals surface area contributed by atoms with Gasteiger partial charge in [-0.3, -0.25) is 0 Å². The van der Waals surface area contributed by atoms with E-state index in [9.17, 15) is 8.42 Å². The number of nitrogen functional groups attached to an aromatic ring is 1. The van der Waals surface area contributed by atoms with E-state index in [0.29, 0.717) is 12.8 Å². The topological polar surface area (TPSA) is 84.0 Å². The molecule has 4 nitrogen and oxygen atoms in total. The Morgan fingerprint density at radius 3 is 2.58 bits per heavy atom. The van der Waals surface area contributed by atoms with Gasteiger partial charge in [0.15, 0.2) is 9.84 Å². The molecule has 1 aromatic rings. The van der Waals surface area contributed by atoms with Crippen molar-refractivity contribution in [3.05, 3.63) is 23.2 Å². The van der Waals surface area contributed by atoms with Gasteiger partial charge in [-0.25, -0.2) is 8.42 Å². The number of nitrogens with two attached hydrogens (primary N) is 1. The zero-order valence-corrected chi connectivity index (χ0v) is 12.6. The van der Waals surface area contributed by atoms with Crippen LogP contribution in [0.4, 0.5) is 5.69 Å². The lowest BCUT2D eigenvalue weighted by atomic mass is 9.90. The maximum Gasteiger partial charge on any atom is 0.181 e. The molecule has 0 amide bonds. The second-order valence-electron chi connectivity index (χ2n) is 5.08. The fourth-order valence-electron chi connectivity index (χ4n) is 1.72. The summed E-state index contributed by atoms with van der Waals surface area (Å²) >= 11 is 5.90. The van der Waals surface area contributed by atoms with Crippen LogP contribution in [-0.4, -0.2) is 14.2 Å². The van der Waals surface area contributed by atoms with Gasteiger partial charge in [0, 0.05) is 0 Å². The first kappa shape index (κ1) is 15.8. The van der Waals surface area contributed by atoms with Crippen LogP contribution in [0.15, 0.2) is 23.1 Å². The summed E-state index contributed by atoms with van der Waals surface area (Å²) in [5, 5.41) is 9.03. The number of benzene rings is 1. The van der Waals surface area contributed by atoms with E-state index in [1.165, 1.54) is 12.1 Å². The molecule has 0 aliphatic carbocycles. The van der Waals surface area contributed by atoms with Crippen LogP contribution >= 0.6 is 11.6 Å². The summed E-state index contributed by atoms with van der Waals surface area (Å²) in [6.45, 7) is 3.56.